The van der Waals surface area contributed by atoms with Crippen molar-refractivity contribution in [2.45, 2.75) is 6.04 Å². The summed E-state index contributed by atoms with van der Waals surface area (Å²) in [6, 6.07) is 8.63. The normalized spacial score (nSPS) is 25.8. The number of methoxy groups -OCH3 is 1. The molecule has 0 saturated carbocycles. The van der Waals surface area contributed by atoms with Crippen molar-refractivity contribution < 1.29 is 9.53 Å². The van der Waals surface area contributed by atoms with Crippen LogP contribution in [0.5, 0.6) is 5.75 Å². The molecule has 6 nitrogen and oxygen atoms in total. The number of fused-ring (bicyclic) bond motifs is 1. The molecule has 3 heterocycles. The lowest BCUT2D eigenvalue weighted by molar-refractivity contribution is 0.0767. The second-order valence-electron chi connectivity index (χ2n) is 6.92. The van der Waals surface area contributed by atoms with Crippen LogP contribution in [0, 0.1) is 11.8 Å². The van der Waals surface area contributed by atoms with Crippen LogP contribution in [0.4, 0.5) is 0 Å². The molecule has 0 aliphatic carbocycles. The predicted octanol–water partition coefficient (Wildman–Crippen LogP) is 1.86. The average molecular weight is 338 g/mol. The van der Waals surface area contributed by atoms with E-state index < -0.39 is 0 Å². The maximum atomic E-state index is 12.7. The topological polar surface area (TPSA) is 58.6 Å². The largest absolute Gasteiger partial charge is 0.497 e. The van der Waals surface area contributed by atoms with Crippen molar-refractivity contribution in [1.82, 2.24) is 19.8 Å². The summed E-state index contributed by atoms with van der Waals surface area (Å²) in [4.78, 5) is 25.0. The van der Waals surface area contributed by atoms with E-state index in [0.717, 1.165) is 25.4 Å². The third-order valence-electron chi connectivity index (χ3n) is 5.45. The van der Waals surface area contributed by atoms with Crippen LogP contribution in [-0.4, -0.2) is 59.5 Å². The minimum Gasteiger partial charge on any atom is -0.497 e. The highest BCUT2D eigenvalue weighted by Crippen LogP contribution is 2.44. The van der Waals surface area contributed by atoms with Crippen LogP contribution >= 0.6 is 0 Å². The molecule has 1 aromatic heterocycles. The van der Waals surface area contributed by atoms with Gasteiger partial charge < -0.3 is 9.64 Å². The molecule has 25 heavy (non-hydrogen) atoms. The van der Waals surface area contributed by atoms with E-state index in [4.69, 9.17) is 4.74 Å². The molecular weight excluding hydrogens is 316 g/mol. The molecule has 2 aromatic rings. The molecule has 130 valence electrons. The second-order valence-corrected chi connectivity index (χ2v) is 6.92. The van der Waals surface area contributed by atoms with Gasteiger partial charge >= 0.3 is 0 Å². The van der Waals surface area contributed by atoms with E-state index in [1.807, 2.05) is 17.0 Å². The molecule has 0 N–H and O–H groups in total. The molecule has 2 aliphatic heterocycles. The van der Waals surface area contributed by atoms with Crippen LogP contribution in [-0.2, 0) is 0 Å². The smallest absolute Gasteiger partial charge is 0.257 e. The third-order valence-corrected chi connectivity index (χ3v) is 5.45. The SMILES string of the molecule is COc1ccc([C@@H]2[C@@H]3CN(C(=O)c4cncnc4)C[C@@H]3CN2C)cc1. The van der Waals surface area contributed by atoms with E-state index in [9.17, 15) is 4.79 Å². The third kappa shape index (κ3) is 2.87. The van der Waals surface area contributed by atoms with Crippen LogP contribution in [0.1, 0.15) is 22.0 Å². The number of likely N-dealkylation sites (tertiary alicyclic amines) is 2. The zero-order valence-corrected chi connectivity index (χ0v) is 14.5. The van der Waals surface area contributed by atoms with Crippen molar-refractivity contribution in [3.8, 4) is 5.75 Å². The first kappa shape index (κ1) is 16.0. The number of hydrogen-bond donors (Lipinski definition) is 0. The Morgan fingerprint density at radius 3 is 2.52 bits per heavy atom. The number of ether oxygens (including phenoxy) is 1. The van der Waals surface area contributed by atoms with Gasteiger partial charge in [-0.15, -0.1) is 0 Å². The van der Waals surface area contributed by atoms with Crippen molar-refractivity contribution in [3.63, 3.8) is 0 Å². The molecule has 3 atom stereocenters. The lowest BCUT2D eigenvalue weighted by Crippen LogP contribution is -2.33. The Kier molecular flexibility index (Phi) is 4.13. The van der Waals surface area contributed by atoms with Crippen molar-refractivity contribution in [2.75, 3.05) is 33.8 Å². The number of carbonyl (C=O) groups excluding carboxylic acids is 1. The molecule has 2 saturated heterocycles. The molecule has 1 amide bonds. The van der Waals surface area contributed by atoms with Crippen LogP contribution in [0.15, 0.2) is 43.0 Å². The summed E-state index contributed by atoms with van der Waals surface area (Å²) in [6.07, 6.45) is 4.64. The highest BCUT2D eigenvalue weighted by Gasteiger charge is 2.47. The summed E-state index contributed by atoms with van der Waals surface area (Å²) >= 11 is 0. The number of benzene rings is 1. The van der Waals surface area contributed by atoms with Gasteiger partial charge in [-0.25, -0.2) is 9.97 Å². The molecule has 0 spiro atoms. The number of hydrogen-bond acceptors (Lipinski definition) is 5. The van der Waals surface area contributed by atoms with Gasteiger partial charge in [0.15, 0.2) is 0 Å². The lowest BCUT2D eigenvalue weighted by atomic mass is 9.89. The van der Waals surface area contributed by atoms with Crippen molar-refractivity contribution in [3.05, 3.63) is 54.1 Å². The molecule has 0 radical (unpaired) electrons. The predicted molar refractivity (Wildman–Crippen MR) is 93.3 cm³/mol. The fourth-order valence-corrected chi connectivity index (χ4v) is 4.32. The Hall–Kier alpha value is -2.47. The van der Waals surface area contributed by atoms with Gasteiger partial charge in [-0.05, 0) is 30.7 Å². The van der Waals surface area contributed by atoms with Gasteiger partial charge in [0, 0.05) is 44.0 Å². The Bertz CT molecular complexity index is 750. The van der Waals surface area contributed by atoms with Crippen molar-refractivity contribution in [1.29, 1.82) is 0 Å². The van der Waals surface area contributed by atoms with Gasteiger partial charge in [-0.2, -0.15) is 0 Å². The van der Waals surface area contributed by atoms with E-state index in [-0.39, 0.29) is 5.91 Å². The lowest BCUT2D eigenvalue weighted by Gasteiger charge is -2.27. The summed E-state index contributed by atoms with van der Waals surface area (Å²) in [5, 5.41) is 0. The molecule has 0 unspecified atom stereocenters. The van der Waals surface area contributed by atoms with Crippen LogP contribution < -0.4 is 4.74 Å². The number of aromatic nitrogens is 2. The Morgan fingerprint density at radius 1 is 1.12 bits per heavy atom. The standard InChI is InChI=1S/C19H22N4O2/c1-22-9-15-10-23(19(24)14-7-20-12-21-8-14)11-17(15)18(22)13-3-5-16(25-2)6-4-13/h3-8,12,15,17-18H,9-11H2,1-2H3/t15-,17+,18+/m0/s1. The first-order valence-electron chi connectivity index (χ1n) is 8.56. The van der Waals surface area contributed by atoms with Crippen LogP contribution in [0.2, 0.25) is 0 Å². The maximum Gasteiger partial charge on any atom is 0.257 e. The summed E-state index contributed by atoms with van der Waals surface area (Å²) in [5.41, 5.74) is 1.85. The zero-order valence-electron chi connectivity index (χ0n) is 14.5. The summed E-state index contributed by atoms with van der Waals surface area (Å²) in [5.74, 6) is 1.86. The second kappa shape index (κ2) is 6.44. The van der Waals surface area contributed by atoms with Crippen molar-refractivity contribution in [2.24, 2.45) is 11.8 Å². The van der Waals surface area contributed by atoms with Crippen LogP contribution in [0.25, 0.3) is 0 Å². The van der Waals surface area contributed by atoms with Crippen molar-refractivity contribution >= 4 is 5.91 Å². The highest BCUT2D eigenvalue weighted by atomic mass is 16.5. The monoisotopic (exact) mass is 338 g/mol. The summed E-state index contributed by atoms with van der Waals surface area (Å²) in [6.45, 7) is 2.59. The van der Waals surface area contributed by atoms with Gasteiger partial charge in [0.2, 0.25) is 0 Å². The fourth-order valence-electron chi connectivity index (χ4n) is 4.32. The molecule has 2 fully saturated rings. The first-order chi connectivity index (χ1) is 12.2. The quantitative estimate of drug-likeness (QED) is 0.855. The van der Waals surface area contributed by atoms with E-state index in [1.165, 1.54) is 11.9 Å². The molecule has 0 bridgehead atoms. The van der Waals surface area contributed by atoms with Crippen LogP contribution in [0.3, 0.4) is 0 Å². The number of carbonyl (C=O) groups is 1. The molecule has 4 rings (SSSR count). The first-order valence-corrected chi connectivity index (χ1v) is 8.56. The Morgan fingerprint density at radius 2 is 1.84 bits per heavy atom. The van der Waals surface area contributed by atoms with Gasteiger partial charge in [-0.1, -0.05) is 12.1 Å². The highest BCUT2D eigenvalue weighted by molar-refractivity contribution is 5.93. The fraction of sp³-hybridized carbons (Fsp3) is 0.421. The minimum atomic E-state index is 0.0335. The molecular formula is C19H22N4O2. The van der Waals surface area contributed by atoms with E-state index in [0.29, 0.717) is 23.4 Å². The van der Waals surface area contributed by atoms with E-state index in [2.05, 4.69) is 34.0 Å². The Labute approximate surface area is 147 Å². The molecule has 6 heteroatoms. The molecule has 1 aromatic carbocycles. The van der Waals surface area contributed by atoms with Gasteiger partial charge in [0.1, 0.15) is 12.1 Å². The minimum absolute atomic E-state index is 0.0335. The van der Waals surface area contributed by atoms with E-state index in [1.54, 1.807) is 19.5 Å². The maximum absolute atomic E-state index is 12.7. The number of nitrogens with zero attached hydrogens (tertiary/aromatic N) is 4. The summed E-state index contributed by atoms with van der Waals surface area (Å²) < 4.78 is 5.26. The molecule has 2 aliphatic rings. The van der Waals surface area contributed by atoms with E-state index >= 15 is 0 Å². The zero-order chi connectivity index (χ0) is 17.4. The number of amides is 1. The van der Waals surface area contributed by atoms with Gasteiger partial charge in [0.25, 0.3) is 5.91 Å². The number of rotatable bonds is 3. The Balaban J connectivity index is 1.53. The van der Waals surface area contributed by atoms with Gasteiger partial charge in [-0.3, -0.25) is 9.69 Å². The van der Waals surface area contributed by atoms with Gasteiger partial charge in [0.05, 0.1) is 12.7 Å². The average Bonchev–Trinajstić information content (AvgIpc) is 3.18. The summed E-state index contributed by atoms with van der Waals surface area (Å²) in [7, 11) is 3.85.